The van der Waals surface area contributed by atoms with Crippen molar-refractivity contribution in [3.63, 3.8) is 0 Å². The fourth-order valence-electron chi connectivity index (χ4n) is 3.70. The topological polar surface area (TPSA) is 87.3 Å². The van der Waals surface area contributed by atoms with E-state index in [-0.39, 0.29) is 11.3 Å². The Hall–Kier alpha value is -2.67. The first kappa shape index (κ1) is 19.6. The molecule has 29 heavy (non-hydrogen) atoms. The van der Waals surface area contributed by atoms with Gasteiger partial charge in [-0.15, -0.1) is 10.2 Å². The van der Waals surface area contributed by atoms with Crippen molar-refractivity contribution in [1.82, 2.24) is 20.5 Å². The standard InChI is InChI=1S/C22H29N5O2/c1-13(2)22(4,5)24-15-8-9-27(12-15)21-7-6-17(25-26-21)16-10-20-18(11-19(16)28)23-14(3)29-20/h6-7,10-11,13,15,24,28H,8-9,12H2,1-5H3/t15-/m1/s1. The second kappa shape index (κ2) is 7.30. The molecule has 0 bridgehead atoms. The van der Waals surface area contributed by atoms with Crippen LogP contribution in [-0.2, 0) is 0 Å². The van der Waals surface area contributed by atoms with Crippen molar-refractivity contribution < 1.29 is 9.52 Å². The van der Waals surface area contributed by atoms with Gasteiger partial charge in [0.2, 0.25) is 0 Å². The molecule has 0 spiro atoms. The smallest absolute Gasteiger partial charge is 0.192 e. The number of hydrogen-bond acceptors (Lipinski definition) is 7. The minimum Gasteiger partial charge on any atom is -0.507 e. The van der Waals surface area contributed by atoms with Crippen molar-refractivity contribution in [2.75, 3.05) is 18.0 Å². The Labute approximate surface area is 171 Å². The number of oxazole rings is 1. The number of nitrogens with one attached hydrogen (secondary N) is 1. The van der Waals surface area contributed by atoms with Crippen LogP contribution in [0, 0.1) is 12.8 Å². The monoisotopic (exact) mass is 395 g/mol. The van der Waals surface area contributed by atoms with Gasteiger partial charge in [-0.3, -0.25) is 0 Å². The Morgan fingerprint density at radius 2 is 2.03 bits per heavy atom. The van der Waals surface area contributed by atoms with Crippen LogP contribution in [0.15, 0.2) is 28.7 Å². The zero-order chi connectivity index (χ0) is 20.8. The molecule has 154 valence electrons. The van der Waals surface area contributed by atoms with Gasteiger partial charge in [0.05, 0.1) is 5.69 Å². The number of aromatic nitrogens is 3. The van der Waals surface area contributed by atoms with Crippen LogP contribution in [0.5, 0.6) is 5.75 Å². The highest BCUT2D eigenvalue weighted by Gasteiger charge is 2.30. The van der Waals surface area contributed by atoms with E-state index in [2.05, 4.69) is 53.1 Å². The molecule has 4 rings (SSSR count). The van der Waals surface area contributed by atoms with Gasteiger partial charge in [-0.05, 0) is 44.4 Å². The molecule has 7 nitrogen and oxygen atoms in total. The third-order valence-corrected chi connectivity index (χ3v) is 6.07. The summed E-state index contributed by atoms with van der Waals surface area (Å²) in [4.78, 5) is 6.50. The molecule has 3 aromatic rings. The van der Waals surface area contributed by atoms with E-state index in [1.807, 2.05) is 12.1 Å². The molecular weight excluding hydrogens is 366 g/mol. The van der Waals surface area contributed by atoms with Gasteiger partial charge in [0.15, 0.2) is 17.3 Å². The summed E-state index contributed by atoms with van der Waals surface area (Å²) in [5.41, 5.74) is 2.56. The van der Waals surface area contributed by atoms with E-state index in [1.165, 1.54) is 0 Å². The van der Waals surface area contributed by atoms with Crippen LogP contribution < -0.4 is 10.2 Å². The second-order valence-electron chi connectivity index (χ2n) is 8.80. The van der Waals surface area contributed by atoms with Gasteiger partial charge in [-0.25, -0.2) is 4.98 Å². The summed E-state index contributed by atoms with van der Waals surface area (Å²) in [5, 5.41) is 22.9. The predicted octanol–water partition coefficient (Wildman–Crippen LogP) is 3.90. The first-order chi connectivity index (χ1) is 13.7. The molecule has 0 saturated carbocycles. The van der Waals surface area contributed by atoms with Gasteiger partial charge < -0.3 is 19.7 Å². The third-order valence-electron chi connectivity index (χ3n) is 6.07. The van der Waals surface area contributed by atoms with E-state index in [9.17, 15) is 5.11 Å². The Balaban J connectivity index is 1.50. The van der Waals surface area contributed by atoms with Gasteiger partial charge in [0, 0.05) is 43.2 Å². The molecule has 1 aromatic carbocycles. The summed E-state index contributed by atoms with van der Waals surface area (Å²) in [7, 11) is 0. The van der Waals surface area contributed by atoms with E-state index >= 15 is 0 Å². The highest BCUT2D eigenvalue weighted by molar-refractivity contribution is 5.83. The molecule has 0 aliphatic carbocycles. The average molecular weight is 396 g/mol. The number of phenolic OH excluding ortho intramolecular Hbond substituents is 1. The summed E-state index contributed by atoms with van der Waals surface area (Å²) in [6.07, 6.45) is 1.09. The van der Waals surface area contributed by atoms with E-state index < -0.39 is 0 Å². The zero-order valence-electron chi connectivity index (χ0n) is 17.7. The molecule has 1 atom stereocenters. The van der Waals surface area contributed by atoms with Crippen molar-refractivity contribution >= 4 is 16.9 Å². The molecule has 0 unspecified atom stereocenters. The summed E-state index contributed by atoms with van der Waals surface area (Å²) >= 11 is 0. The molecular formula is C22H29N5O2. The van der Waals surface area contributed by atoms with Crippen LogP contribution in [0.4, 0.5) is 5.82 Å². The van der Waals surface area contributed by atoms with E-state index in [1.54, 1.807) is 19.1 Å². The number of benzene rings is 1. The van der Waals surface area contributed by atoms with Crippen LogP contribution in [0.3, 0.4) is 0 Å². The number of aromatic hydroxyl groups is 1. The van der Waals surface area contributed by atoms with Gasteiger partial charge in [-0.1, -0.05) is 13.8 Å². The van der Waals surface area contributed by atoms with Gasteiger partial charge >= 0.3 is 0 Å². The van der Waals surface area contributed by atoms with Crippen molar-refractivity contribution in [3.05, 3.63) is 30.2 Å². The maximum absolute atomic E-state index is 10.4. The van der Waals surface area contributed by atoms with Gasteiger partial charge in [0.25, 0.3) is 0 Å². The quantitative estimate of drug-likeness (QED) is 0.677. The first-order valence-corrected chi connectivity index (χ1v) is 10.2. The molecule has 1 aliphatic rings. The van der Waals surface area contributed by atoms with Crippen LogP contribution in [0.25, 0.3) is 22.4 Å². The largest absolute Gasteiger partial charge is 0.507 e. The molecule has 0 radical (unpaired) electrons. The maximum Gasteiger partial charge on any atom is 0.192 e. The summed E-state index contributed by atoms with van der Waals surface area (Å²) in [5.74, 6) is 2.11. The number of rotatable bonds is 5. The predicted molar refractivity (Wildman–Crippen MR) is 114 cm³/mol. The van der Waals surface area contributed by atoms with E-state index in [0.29, 0.717) is 40.2 Å². The van der Waals surface area contributed by atoms with Crippen molar-refractivity contribution in [1.29, 1.82) is 0 Å². The minimum absolute atomic E-state index is 0.103. The Kier molecular flexibility index (Phi) is 4.94. The third kappa shape index (κ3) is 3.92. The number of nitrogens with zero attached hydrogens (tertiary/aromatic N) is 4. The number of hydrogen-bond donors (Lipinski definition) is 2. The van der Waals surface area contributed by atoms with Crippen LogP contribution in [-0.4, -0.2) is 45.0 Å². The van der Waals surface area contributed by atoms with E-state index in [4.69, 9.17) is 4.42 Å². The highest BCUT2D eigenvalue weighted by Crippen LogP contribution is 2.33. The van der Waals surface area contributed by atoms with Crippen molar-refractivity contribution in [2.45, 2.75) is 52.6 Å². The number of aryl methyl sites for hydroxylation is 1. The lowest BCUT2D eigenvalue weighted by Crippen LogP contribution is -2.50. The maximum atomic E-state index is 10.4. The fraction of sp³-hybridized carbons (Fsp3) is 0.500. The lowest BCUT2D eigenvalue weighted by molar-refractivity contribution is 0.261. The van der Waals surface area contributed by atoms with Gasteiger partial charge in [-0.2, -0.15) is 0 Å². The van der Waals surface area contributed by atoms with Gasteiger partial charge in [0.1, 0.15) is 11.3 Å². The molecule has 3 heterocycles. The number of phenols is 1. The Morgan fingerprint density at radius 1 is 1.24 bits per heavy atom. The SMILES string of the molecule is Cc1nc2cc(O)c(-c3ccc(N4CC[C@@H](NC(C)(C)C(C)C)C4)nn3)cc2o1. The number of anilines is 1. The Morgan fingerprint density at radius 3 is 2.72 bits per heavy atom. The molecule has 7 heteroatoms. The summed E-state index contributed by atoms with van der Waals surface area (Å²) in [6, 6.07) is 7.66. The normalized spacial score (nSPS) is 17.6. The molecule has 2 aromatic heterocycles. The molecule has 0 amide bonds. The van der Waals surface area contributed by atoms with E-state index in [0.717, 1.165) is 25.3 Å². The molecule has 2 N–H and O–H groups in total. The average Bonchev–Trinajstić information content (AvgIpc) is 3.26. The fourth-order valence-corrected chi connectivity index (χ4v) is 3.70. The van der Waals surface area contributed by atoms with Crippen LogP contribution in [0.1, 0.15) is 40.0 Å². The van der Waals surface area contributed by atoms with Crippen molar-refractivity contribution in [3.8, 4) is 17.0 Å². The molecule has 1 saturated heterocycles. The summed E-state index contributed by atoms with van der Waals surface area (Å²) in [6.45, 7) is 12.7. The second-order valence-corrected chi connectivity index (χ2v) is 8.80. The van der Waals surface area contributed by atoms with Crippen LogP contribution >= 0.6 is 0 Å². The van der Waals surface area contributed by atoms with Crippen molar-refractivity contribution in [2.24, 2.45) is 5.92 Å². The Bertz CT molecular complexity index is 1010. The summed E-state index contributed by atoms with van der Waals surface area (Å²) < 4.78 is 5.57. The number of fused-ring (bicyclic) bond motifs is 1. The lowest BCUT2D eigenvalue weighted by atomic mass is 9.90. The molecule has 1 fully saturated rings. The zero-order valence-corrected chi connectivity index (χ0v) is 17.7. The van der Waals surface area contributed by atoms with Crippen LogP contribution in [0.2, 0.25) is 0 Å². The minimum atomic E-state index is 0.103. The molecule has 1 aliphatic heterocycles. The lowest BCUT2D eigenvalue weighted by Gasteiger charge is -2.34. The highest BCUT2D eigenvalue weighted by atomic mass is 16.3. The first-order valence-electron chi connectivity index (χ1n) is 10.2.